The predicted octanol–water partition coefficient (Wildman–Crippen LogP) is 4.33. The van der Waals surface area contributed by atoms with Gasteiger partial charge in [-0.05, 0) is 35.7 Å². The number of hydrogen-bond acceptors (Lipinski definition) is 4. The molecule has 144 valence electrons. The van der Waals surface area contributed by atoms with E-state index in [4.69, 9.17) is 39.1 Å². The van der Waals surface area contributed by atoms with Gasteiger partial charge in [0.15, 0.2) is 11.5 Å². The first kappa shape index (κ1) is 21.4. The Morgan fingerprint density at radius 1 is 1.25 bits per heavy atom. The number of nitriles is 1. The zero-order chi connectivity index (χ0) is 20.5. The average molecular weight is 417 g/mol. The van der Waals surface area contributed by atoms with Crippen LogP contribution in [0.1, 0.15) is 23.6 Å². The number of nitrogens with one attached hydrogen (secondary N) is 1. The van der Waals surface area contributed by atoms with Crippen LogP contribution in [0.2, 0.25) is 10.0 Å². The molecule has 0 radical (unpaired) electrons. The number of ether oxygens (including phenoxy) is 2. The third-order valence-corrected chi connectivity index (χ3v) is 4.51. The van der Waals surface area contributed by atoms with Gasteiger partial charge in [-0.2, -0.15) is 5.26 Å². The van der Waals surface area contributed by atoms with E-state index in [0.717, 1.165) is 5.56 Å². The van der Waals surface area contributed by atoms with Crippen LogP contribution in [0.5, 0.6) is 11.5 Å². The molecule has 0 spiro atoms. The second kappa shape index (κ2) is 10.5. The van der Waals surface area contributed by atoms with Crippen molar-refractivity contribution in [2.24, 2.45) is 0 Å². The maximum absolute atomic E-state index is 12.3. The van der Waals surface area contributed by atoms with Gasteiger partial charge >= 0.3 is 0 Å². The number of hydrogen-bond donors (Lipinski definition) is 1. The molecule has 0 aliphatic carbocycles. The summed E-state index contributed by atoms with van der Waals surface area (Å²) in [6.45, 7) is 0.0920. The first-order valence-corrected chi connectivity index (χ1v) is 9.11. The van der Waals surface area contributed by atoms with Crippen molar-refractivity contribution in [2.75, 3.05) is 13.7 Å². The van der Waals surface area contributed by atoms with Crippen molar-refractivity contribution in [2.45, 2.75) is 18.9 Å². The van der Waals surface area contributed by atoms with Gasteiger partial charge in [0.05, 0.1) is 13.2 Å². The number of carbonyl (C=O) groups is 1. The zero-order valence-electron chi connectivity index (χ0n) is 15.2. The molecule has 28 heavy (non-hydrogen) atoms. The lowest BCUT2D eigenvalue weighted by atomic mass is 10.1. The van der Waals surface area contributed by atoms with Gasteiger partial charge in [-0.25, -0.2) is 0 Å². The van der Waals surface area contributed by atoms with E-state index in [1.165, 1.54) is 7.11 Å². The maximum Gasteiger partial charge on any atom is 0.221 e. The Morgan fingerprint density at radius 3 is 2.57 bits per heavy atom. The van der Waals surface area contributed by atoms with Crippen molar-refractivity contribution < 1.29 is 14.3 Å². The molecule has 1 atom stereocenters. The second-order valence-corrected chi connectivity index (χ2v) is 6.61. The smallest absolute Gasteiger partial charge is 0.221 e. The summed E-state index contributed by atoms with van der Waals surface area (Å²) in [5.74, 6) is 3.01. The van der Waals surface area contributed by atoms with Crippen LogP contribution < -0.4 is 14.8 Å². The molecule has 2 aromatic rings. The fourth-order valence-corrected chi connectivity index (χ4v) is 2.86. The summed E-state index contributed by atoms with van der Waals surface area (Å²) < 4.78 is 10.7. The summed E-state index contributed by atoms with van der Waals surface area (Å²) in [5, 5.41) is 13.0. The van der Waals surface area contributed by atoms with Gasteiger partial charge in [-0.15, -0.1) is 6.42 Å². The predicted molar refractivity (Wildman–Crippen MR) is 109 cm³/mol. The molecule has 2 aromatic carbocycles. The van der Waals surface area contributed by atoms with Gasteiger partial charge < -0.3 is 14.8 Å². The minimum absolute atomic E-state index is 0.0920. The highest BCUT2D eigenvalue weighted by molar-refractivity contribution is 6.31. The summed E-state index contributed by atoms with van der Waals surface area (Å²) >= 11 is 12.1. The lowest BCUT2D eigenvalue weighted by molar-refractivity contribution is -0.121. The van der Waals surface area contributed by atoms with Crippen LogP contribution in [0, 0.1) is 23.7 Å². The standard InChI is InChI=1S/C21H18Cl2N2O3/c1-3-10-28-20-12-17(23)15(11-19(20)27-2)6-9-21(26)25-18(13-24)14-4-7-16(22)8-5-14/h1,4-5,7-8,11-12,18H,6,9-10H2,2H3,(H,25,26). The summed E-state index contributed by atoms with van der Waals surface area (Å²) in [4.78, 5) is 12.3. The number of carbonyl (C=O) groups excluding carboxylic acids is 1. The lowest BCUT2D eigenvalue weighted by Gasteiger charge is -2.14. The van der Waals surface area contributed by atoms with Crippen molar-refractivity contribution >= 4 is 29.1 Å². The van der Waals surface area contributed by atoms with Crippen LogP contribution in [-0.2, 0) is 11.2 Å². The van der Waals surface area contributed by atoms with Gasteiger partial charge in [-0.1, -0.05) is 41.3 Å². The molecule has 1 N–H and O–H groups in total. The third-order valence-electron chi connectivity index (χ3n) is 3.90. The van der Waals surface area contributed by atoms with Crippen LogP contribution in [0.4, 0.5) is 0 Å². The molecule has 0 aromatic heterocycles. The highest BCUT2D eigenvalue weighted by Gasteiger charge is 2.16. The Hall–Kier alpha value is -2.86. The molecule has 0 saturated carbocycles. The molecule has 1 unspecified atom stereocenters. The first-order valence-electron chi connectivity index (χ1n) is 8.35. The van der Waals surface area contributed by atoms with Crippen molar-refractivity contribution in [3.05, 3.63) is 57.6 Å². The molecule has 0 saturated heterocycles. The fourth-order valence-electron chi connectivity index (χ4n) is 2.49. The summed E-state index contributed by atoms with van der Waals surface area (Å²) in [5.41, 5.74) is 1.39. The second-order valence-electron chi connectivity index (χ2n) is 5.77. The molecule has 0 aliphatic heterocycles. The van der Waals surface area contributed by atoms with E-state index in [9.17, 15) is 10.1 Å². The molecule has 7 heteroatoms. The minimum Gasteiger partial charge on any atom is -0.493 e. The van der Waals surface area contributed by atoms with Gasteiger partial charge in [0, 0.05) is 22.5 Å². The van der Waals surface area contributed by atoms with E-state index in [1.807, 2.05) is 0 Å². The Morgan fingerprint density at radius 2 is 1.96 bits per heavy atom. The average Bonchev–Trinajstić information content (AvgIpc) is 2.70. The summed E-state index contributed by atoms with van der Waals surface area (Å²) in [6, 6.07) is 11.4. The van der Waals surface area contributed by atoms with E-state index in [-0.39, 0.29) is 18.9 Å². The molecule has 5 nitrogen and oxygen atoms in total. The largest absolute Gasteiger partial charge is 0.493 e. The fraction of sp³-hybridized carbons (Fsp3) is 0.238. The SMILES string of the molecule is C#CCOc1cc(Cl)c(CCC(=O)NC(C#N)c2ccc(Cl)cc2)cc1OC. The maximum atomic E-state index is 12.3. The summed E-state index contributed by atoms with van der Waals surface area (Å²) in [7, 11) is 1.51. The number of halogens is 2. The van der Waals surface area contributed by atoms with Gasteiger partial charge in [0.1, 0.15) is 12.6 Å². The van der Waals surface area contributed by atoms with Crippen molar-refractivity contribution in [3.63, 3.8) is 0 Å². The molecular weight excluding hydrogens is 399 g/mol. The molecule has 0 aliphatic rings. The van der Waals surface area contributed by atoms with E-state index < -0.39 is 6.04 Å². The number of amides is 1. The molecule has 2 rings (SSSR count). The van der Waals surface area contributed by atoms with Crippen LogP contribution in [0.25, 0.3) is 0 Å². The Balaban J connectivity index is 2.02. The number of aryl methyl sites for hydroxylation is 1. The van der Waals surface area contributed by atoms with Crippen molar-refractivity contribution in [3.8, 4) is 29.9 Å². The monoisotopic (exact) mass is 416 g/mol. The number of methoxy groups -OCH3 is 1. The van der Waals surface area contributed by atoms with Gasteiger partial charge in [-0.3, -0.25) is 4.79 Å². The Kier molecular flexibility index (Phi) is 8.02. The van der Waals surface area contributed by atoms with Crippen molar-refractivity contribution in [1.82, 2.24) is 5.32 Å². The molecule has 0 bridgehead atoms. The van der Waals surface area contributed by atoms with E-state index in [0.29, 0.717) is 33.5 Å². The highest BCUT2D eigenvalue weighted by Crippen LogP contribution is 2.34. The van der Waals surface area contributed by atoms with Gasteiger partial charge in [0.25, 0.3) is 0 Å². The number of terminal acetylenes is 1. The normalized spacial score (nSPS) is 11.0. The Bertz CT molecular complexity index is 915. The quantitative estimate of drug-likeness (QED) is 0.650. The third kappa shape index (κ3) is 5.82. The highest BCUT2D eigenvalue weighted by atomic mass is 35.5. The van der Waals surface area contributed by atoms with Crippen molar-refractivity contribution in [1.29, 1.82) is 5.26 Å². The van der Waals surface area contributed by atoms with E-state index in [2.05, 4.69) is 17.3 Å². The van der Waals surface area contributed by atoms with E-state index >= 15 is 0 Å². The number of rotatable bonds is 8. The lowest BCUT2D eigenvalue weighted by Crippen LogP contribution is -2.27. The molecule has 0 fully saturated rings. The molecule has 1 amide bonds. The van der Waals surface area contributed by atoms with Crippen LogP contribution >= 0.6 is 23.2 Å². The Labute approximate surface area is 174 Å². The topological polar surface area (TPSA) is 71.3 Å². The minimum atomic E-state index is -0.755. The van der Waals surface area contributed by atoms with E-state index in [1.54, 1.807) is 36.4 Å². The van der Waals surface area contributed by atoms with Crippen LogP contribution in [-0.4, -0.2) is 19.6 Å². The number of benzene rings is 2. The van der Waals surface area contributed by atoms with Gasteiger partial charge in [0.2, 0.25) is 5.91 Å². The molecule has 0 heterocycles. The zero-order valence-corrected chi connectivity index (χ0v) is 16.7. The summed E-state index contributed by atoms with van der Waals surface area (Å²) in [6.07, 6.45) is 5.72. The number of nitrogens with zero attached hydrogens (tertiary/aromatic N) is 1. The van der Waals surface area contributed by atoms with Crippen LogP contribution in [0.3, 0.4) is 0 Å². The molecular formula is C21H18Cl2N2O3. The van der Waals surface area contributed by atoms with Crippen LogP contribution in [0.15, 0.2) is 36.4 Å². The first-order chi connectivity index (χ1) is 13.5.